The van der Waals surface area contributed by atoms with Crippen molar-refractivity contribution < 1.29 is 23.7 Å². The molecular formula is C13H16O5. The highest BCUT2D eigenvalue weighted by molar-refractivity contribution is 5.88. The number of hydrogen-bond acceptors (Lipinski definition) is 5. The molecule has 0 atom stereocenters. The molecular weight excluding hydrogens is 236 g/mol. The van der Waals surface area contributed by atoms with Crippen LogP contribution in [-0.2, 0) is 9.53 Å². The highest BCUT2D eigenvalue weighted by Crippen LogP contribution is 2.34. The molecule has 0 aliphatic carbocycles. The Morgan fingerprint density at radius 1 is 1.00 bits per heavy atom. The second kappa shape index (κ2) is 6.54. The summed E-state index contributed by atoms with van der Waals surface area (Å²) in [6.07, 6.45) is 2.87. The first-order valence-electron chi connectivity index (χ1n) is 5.22. The van der Waals surface area contributed by atoms with E-state index in [1.54, 1.807) is 25.3 Å². The van der Waals surface area contributed by atoms with E-state index in [1.165, 1.54) is 27.4 Å². The summed E-state index contributed by atoms with van der Waals surface area (Å²) in [5.41, 5.74) is 0.645. The van der Waals surface area contributed by atoms with Crippen molar-refractivity contribution in [2.24, 2.45) is 0 Å². The molecule has 1 rings (SSSR count). The largest absolute Gasteiger partial charge is 0.496 e. The molecule has 5 nitrogen and oxygen atoms in total. The Labute approximate surface area is 106 Å². The van der Waals surface area contributed by atoms with Crippen LogP contribution in [0.4, 0.5) is 0 Å². The third kappa shape index (κ3) is 3.16. The molecule has 5 heteroatoms. The fourth-order valence-corrected chi connectivity index (χ4v) is 1.42. The Kier molecular flexibility index (Phi) is 5.05. The highest BCUT2D eigenvalue weighted by atomic mass is 16.5. The van der Waals surface area contributed by atoms with Crippen molar-refractivity contribution in [3.63, 3.8) is 0 Å². The number of carbonyl (C=O) groups excluding carboxylic acids is 1. The molecule has 0 aliphatic heterocycles. The zero-order valence-corrected chi connectivity index (χ0v) is 10.9. The topological polar surface area (TPSA) is 54.0 Å². The molecule has 0 bridgehead atoms. The van der Waals surface area contributed by atoms with Gasteiger partial charge in [-0.2, -0.15) is 0 Å². The van der Waals surface area contributed by atoms with E-state index in [4.69, 9.17) is 14.2 Å². The second-order valence-corrected chi connectivity index (χ2v) is 3.30. The van der Waals surface area contributed by atoms with E-state index in [-0.39, 0.29) is 0 Å². The van der Waals surface area contributed by atoms with Crippen LogP contribution in [0.3, 0.4) is 0 Å². The molecule has 0 aliphatic rings. The summed E-state index contributed by atoms with van der Waals surface area (Å²) in [5, 5.41) is 0. The van der Waals surface area contributed by atoms with Gasteiger partial charge in [-0.15, -0.1) is 0 Å². The molecule has 0 fully saturated rings. The fraction of sp³-hybridized carbons (Fsp3) is 0.308. The molecule has 0 heterocycles. The Hall–Kier alpha value is -2.17. The summed E-state index contributed by atoms with van der Waals surface area (Å²) >= 11 is 0. The van der Waals surface area contributed by atoms with Gasteiger partial charge in [0, 0.05) is 18.2 Å². The number of methoxy groups -OCH3 is 4. The van der Waals surface area contributed by atoms with Gasteiger partial charge in [0.1, 0.15) is 17.2 Å². The zero-order valence-electron chi connectivity index (χ0n) is 10.9. The van der Waals surface area contributed by atoms with Crippen molar-refractivity contribution in [2.75, 3.05) is 28.4 Å². The van der Waals surface area contributed by atoms with Crippen LogP contribution in [0.1, 0.15) is 5.56 Å². The Morgan fingerprint density at radius 2 is 1.56 bits per heavy atom. The summed E-state index contributed by atoms with van der Waals surface area (Å²) in [6.45, 7) is 0. The number of esters is 1. The van der Waals surface area contributed by atoms with E-state index in [0.29, 0.717) is 22.8 Å². The average Bonchev–Trinajstić information content (AvgIpc) is 2.43. The van der Waals surface area contributed by atoms with Crippen LogP contribution in [0.25, 0.3) is 6.08 Å². The first kappa shape index (κ1) is 13.9. The van der Waals surface area contributed by atoms with E-state index in [9.17, 15) is 4.79 Å². The molecule has 0 saturated heterocycles. The van der Waals surface area contributed by atoms with Crippen molar-refractivity contribution >= 4 is 12.0 Å². The lowest BCUT2D eigenvalue weighted by Gasteiger charge is -2.12. The predicted molar refractivity (Wildman–Crippen MR) is 67.1 cm³/mol. The van der Waals surface area contributed by atoms with Crippen molar-refractivity contribution in [3.8, 4) is 17.2 Å². The van der Waals surface area contributed by atoms with Crippen LogP contribution in [0.15, 0.2) is 18.2 Å². The van der Waals surface area contributed by atoms with Crippen LogP contribution in [0.5, 0.6) is 17.2 Å². The van der Waals surface area contributed by atoms with Gasteiger partial charge in [0.25, 0.3) is 0 Å². The van der Waals surface area contributed by atoms with Gasteiger partial charge in [-0.1, -0.05) is 0 Å². The van der Waals surface area contributed by atoms with Crippen molar-refractivity contribution in [1.82, 2.24) is 0 Å². The molecule has 1 aromatic rings. The third-order valence-electron chi connectivity index (χ3n) is 2.34. The normalized spacial score (nSPS) is 10.2. The summed E-state index contributed by atoms with van der Waals surface area (Å²) in [5.74, 6) is 1.26. The van der Waals surface area contributed by atoms with Crippen LogP contribution in [0.2, 0.25) is 0 Å². The predicted octanol–water partition coefficient (Wildman–Crippen LogP) is 1.90. The highest BCUT2D eigenvalue weighted by Gasteiger charge is 2.11. The number of rotatable bonds is 5. The van der Waals surface area contributed by atoms with Crippen LogP contribution in [-0.4, -0.2) is 34.4 Å². The van der Waals surface area contributed by atoms with Gasteiger partial charge in [0.15, 0.2) is 0 Å². The maximum Gasteiger partial charge on any atom is 0.330 e. The standard InChI is InChI=1S/C13H16O5/c1-15-9-7-11(16-2)10(12(8-9)17-3)5-6-13(14)18-4/h5-8H,1-4H3. The van der Waals surface area contributed by atoms with Gasteiger partial charge in [-0.05, 0) is 6.08 Å². The SMILES string of the molecule is COC(=O)C=Cc1c(OC)cc(OC)cc1OC. The molecule has 0 unspecified atom stereocenters. The Balaban J connectivity index is 3.22. The van der Waals surface area contributed by atoms with Crippen molar-refractivity contribution in [3.05, 3.63) is 23.8 Å². The minimum absolute atomic E-state index is 0.449. The number of benzene rings is 1. The van der Waals surface area contributed by atoms with Crippen molar-refractivity contribution in [1.29, 1.82) is 0 Å². The Bertz CT molecular complexity index is 426. The summed E-state index contributed by atoms with van der Waals surface area (Å²) in [6, 6.07) is 3.42. The van der Waals surface area contributed by atoms with E-state index in [2.05, 4.69) is 4.74 Å². The molecule has 1 aromatic carbocycles. The van der Waals surface area contributed by atoms with Gasteiger partial charge in [0.05, 0.1) is 34.0 Å². The monoisotopic (exact) mass is 252 g/mol. The van der Waals surface area contributed by atoms with Gasteiger partial charge in [-0.25, -0.2) is 4.79 Å². The van der Waals surface area contributed by atoms with E-state index >= 15 is 0 Å². The number of ether oxygens (including phenoxy) is 4. The summed E-state index contributed by atoms with van der Waals surface area (Å²) < 4.78 is 20.1. The maximum atomic E-state index is 11.1. The van der Waals surface area contributed by atoms with Gasteiger partial charge >= 0.3 is 5.97 Å². The quantitative estimate of drug-likeness (QED) is 0.591. The molecule has 0 N–H and O–H groups in total. The molecule has 0 radical (unpaired) electrons. The van der Waals surface area contributed by atoms with Gasteiger partial charge in [-0.3, -0.25) is 0 Å². The van der Waals surface area contributed by atoms with Crippen LogP contribution < -0.4 is 14.2 Å². The lowest BCUT2D eigenvalue weighted by molar-refractivity contribution is -0.134. The van der Waals surface area contributed by atoms with E-state index in [0.717, 1.165) is 0 Å². The minimum atomic E-state index is -0.449. The van der Waals surface area contributed by atoms with Crippen LogP contribution >= 0.6 is 0 Å². The van der Waals surface area contributed by atoms with E-state index in [1.807, 2.05) is 0 Å². The van der Waals surface area contributed by atoms with Crippen LogP contribution in [0, 0.1) is 0 Å². The molecule has 0 saturated carbocycles. The third-order valence-corrected chi connectivity index (χ3v) is 2.34. The van der Waals surface area contributed by atoms with E-state index < -0.39 is 5.97 Å². The van der Waals surface area contributed by atoms with Gasteiger partial charge < -0.3 is 18.9 Å². The lowest BCUT2D eigenvalue weighted by Crippen LogP contribution is -1.97. The molecule has 0 aromatic heterocycles. The maximum absolute atomic E-state index is 11.1. The smallest absolute Gasteiger partial charge is 0.330 e. The zero-order chi connectivity index (χ0) is 13.5. The molecule has 0 amide bonds. The summed E-state index contributed by atoms with van der Waals surface area (Å²) in [4.78, 5) is 11.1. The molecule has 18 heavy (non-hydrogen) atoms. The number of carbonyl (C=O) groups is 1. The minimum Gasteiger partial charge on any atom is -0.496 e. The molecule has 0 spiro atoms. The average molecular weight is 252 g/mol. The second-order valence-electron chi connectivity index (χ2n) is 3.30. The lowest BCUT2D eigenvalue weighted by atomic mass is 10.1. The Morgan fingerprint density at radius 3 is 1.94 bits per heavy atom. The molecule has 98 valence electrons. The number of hydrogen-bond donors (Lipinski definition) is 0. The fourth-order valence-electron chi connectivity index (χ4n) is 1.42. The van der Waals surface area contributed by atoms with Gasteiger partial charge in [0.2, 0.25) is 0 Å². The first-order valence-corrected chi connectivity index (χ1v) is 5.22. The first-order chi connectivity index (χ1) is 8.65. The van der Waals surface area contributed by atoms with Crippen molar-refractivity contribution in [2.45, 2.75) is 0 Å². The summed E-state index contributed by atoms with van der Waals surface area (Å²) in [7, 11) is 5.93.